The lowest BCUT2D eigenvalue weighted by Crippen LogP contribution is -1.98. The van der Waals surface area contributed by atoms with Gasteiger partial charge in [0.05, 0.1) is 5.69 Å². The number of nitrogen functional groups attached to an aromatic ring is 1. The first kappa shape index (κ1) is 11.6. The summed E-state index contributed by atoms with van der Waals surface area (Å²) in [5.74, 6) is 3.49. The number of rotatable bonds is 2. The minimum absolute atomic E-state index is 0.286. The molecular weight excluding hydrogens is 254 g/mol. The Hall–Kier alpha value is -2.17. The van der Waals surface area contributed by atoms with Crippen molar-refractivity contribution in [2.75, 3.05) is 12.5 Å². The van der Waals surface area contributed by atoms with E-state index in [9.17, 15) is 0 Å². The highest BCUT2D eigenvalue weighted by Gasteiger charge is 2.39. The molecule has 5 heteroatoms. The lowest BCUT2D eigenvalue weighted by Gasteiger charge is -2.05. The van der Waals surface area contributed by atoms with Crippen molar-refractivity contribution in [2.45, 2.75) is 19.3 Å². The van der Waals surface area contributed by atoms with Crippen molar-refractivity contribution in [1.82, 2.24) is 9.78 Å². The summed E-state index contributed by atoms with van der Waals surface area (Å²) < 4.78 is 12.6. The molecule has 1 aromatic heterocycles. The maximum Gasteiger partial charge on any atom is 0.231 e. The standard InChI is InChI=1S/C15H17N3O2/c1-8-5-10(8)14-13(15(16)18(2)17-14)9-3-4-11-12(6-9)20-7-19-11/h3-4,6,8,10H,5,7,16H2,1-2H3/t8-,10-/m1/s1. The first-order valence-electron chi connectivity index (χ1n) is 6.87. The number of fused-ring (bicyclic) bond motifs is 1. The molecule has 104 valence electrons. The highest BCUT2D eigenvalue weighted by Crippen LogP contribution is 2.51. The summed E-state index contributed by atoms with van der Waals surface area (Å²) in [7, 11) is 1.89. The van der Waals surface area contributed by atoms with E-state index in [1.807, 2.05) is 25.2 Å². The molecule has 5 nitrogen and oxygen atoms in total. The van der Waals surface area contributed by atoms with E-state index >= 15 is 0 Å². The molecule has 20 heavy (non-hydrogen) atoms. The molecule has 0 spiro atoms. The lowest BCUT2D eigenvalue weighted by molar-refractivity contribution is 0.174. The van der Waals surface area contributed by atoms with Crippen molar-refractivity contribution in [3.05, 3.63) is 23.9 Å². The molecule has 1 fully saturated rings. The van der Waals surface area contributed by atoms with Gasteiger partial charge in [-0.2, -0.15) is 5.10 Å². The van der Waals surface area contributed by atoms with Gasteiger partial charge in [0, 0.05) is 18.5 Å². The Bertz CT molecular complexity index is 693. The van der Waals surface area contributed by atoms with Crippen molar-refractivity contribution >= 4 is 5.82 Å². The Morgan fingerprint density at radius 1 is 1.30 bits per heavy atom. The third-order valence-electron chi connectivity index (χ3n) is 4.24. The summed E-state index contributed by atoms with van der Waals surface area (Å²) in [6.45, 7) is 2.53. The number of ether oxygens (including phenoxy) is 2. The van der Waals surface area contributed by atoms with E-state index in [1.54, 1.807) is 4.68 Å². The Morgan fingerprint density at radius 2 is 2.05 bits per heavy atom. The molecule has 0 radical (unpaired) electrons. The van der Waals surface area contributed by atoms with E-state index in [-0.39, 0.29) is 6.79 Å². The van der Waals surface area contributed by atoms with Gasteiger partial charge in [0.25, 0.3) is 0 Å². The van der Waals surface area contributed by atoms with Crippen LogP contribution >= 0.6 is 0 Å². The van der Waals surface area contributed by atoms with Crippen LogP contribution in [0.25, 0.3) is 11.1 Å². The minimum atomic E-state index is 0.286. The van der Waals surface area contributed by atoms with Crippen LogP contribution in [0.15, 0.2) is 18.2 Å². The summed E-state index contributed by atoms with van der Waals surface area (Å²) >= 11 is 0. The highest BCUT2D eigenvalue weighted by atomic mass is 16.7. The average molecular weight is 271 g/mol. The van der Waals surface area contributed by atoms with Gasteiger partial charge in [0.15, 0.2) is 11.5 Å². The molecule has 1 aliphatic heterocycles. The topological polar surface area (TPSA) is 62.3 Å². The van der Waals surface area contributed by atoms with Crippen LogP contribution in [0.3, 0.4) is 0 Å². The van der Waals surface area contributed by atoms with Crippen LogP contribution in [-0.4, -0.2) is 16.6 Å². The summed E-state index contributed by atoms with van der Waals surface area (Å²) in [6.07, 6.45) is 1.19. The van der Waals surface area contributed by atoms with Gasteiger partial charge in [-0.25, -0.2) is 0 Å². The second kappa shape index (κ2) is 3.91. The molecule has 0 unspecified atom stereocenters. The lowest BCUT2D eigenvalue weighted by atomic mass is 10.0. The van der Waals surface area contributed by atoms with Crippen molar-refractivity contribution in [3.63, 3.8) is 0 Å². The van der Waals surface area contributed by atoms with E-state index in [0.29, 0.717) is 17.7 Å². The number of hydrogen-bond acceptors (Lipinski definition) is 4. The molecule has 2 heterocycles. The number of hydrogen-bond donors (Lipinski definition) is 1. The van der Waals surface area contributed by atoms with Gasteiger partial charge < -0.3 is 15.2 Å². The monoisotopic (exact) mass is 271 g/mol. The predicted octanol–water partition coefficient (Wildman–Crippen LogP) is 2.52. The molecular formula is C15H17N3O2. The molecule has 2 atom stereocenters. The fraction of sp³-hybridized carbons (Fsp3) is 0.400. The largest absolute Gasteiger partial charge is 0.454 e. The van der Waals surface area contributed by atoms with Crippen LogP contribution < -0.4 is 15.2 Å². The van der Waals surface area contributed by atoms with E-state index in [0.717, 1.165) is 28.3 Å². The Morgan fingerprint density at radius 3 is 2.80 bits per heavy atom. The smallest absolute Gasteiger partial charge is 0.231 e. The van der Waals surface area contributed by atoms with Crippen LogP contribution in [0.5, 0.6) is 11.5 Å². The van der Waals surface area contributed by atoms with E-state index in [1.165, 1.54) is 6.42 Å². The third-order valence-corrected chi connectivity index (χ3v) is 4.24. The highest BCUT2D eigenvalue weighted by molar-refractivity contribution is 5.79. The van der Waals surface area contributed by atoms with Gasteiger partial charge in [0.1, 0.15) is 5.82 Å². The molecule has 1 saturated carbocycles. The van der Waals surface area contributed by atoms with Crippen LogP contribution in [0.2, 0.25) is 0 Å². The van der Waals surface area contributed by atoms with Crippen molar-refractivity contribution in [1.29, 1.82) is 0 Å². The number of nitrogens with zero attached hydrogens (tertiary/aromatic N) is 2. The van der Waals surface area contributed by atoms with Gasteiger partial charge in [-0.1, -0.05) is 13.0 Å². The maximum atomic E-state index is 6.22. The Labute approximate surface area is 117 Å². The quantitative estimate of drug-likeness (QED) is 0.911. The summed E-state index contributed by atoms with van der Waals surface area (Å²) in [5, 5.41) is 4.61. The molecule has 0 bridgehead atoms. The fourth-order valence-corrected chi connectivity index (χ4v) is 2.87. The fourth-order valence-electron chi connectivity index (χ4n) is 2.87. The molecule has 2 aliphatic rings. The second-order valence-electron chi connectivity index (χ2n) is 5.66. The average Bonchev–Trinajstić information content (AvgIpc) is 2.85. The number of benzene rings is 1. The van der Waals surface area contributed by atoms with Gasteiger partial charge in [-0.15, -0.1) is 0 Å². The summed E-state index contributed by atoms with van der Waals surface area (Å²) in [6, 6.07) is 5.95. The van der Waals surface area contributed by atoms with Crippen LogP contribution in [0, 0.1) is 5.92 Å². The normalized spacial score (nSPS) is 23.1. The minimum Gasteiger partial charge on any atom is -0.454 e. The van der Waals surface area contributed by atoms with E-state index in [2.05, 4.69) is 12.0 Å². The third kappa shape index (κ3) is 1.59. The van der Waals surface area contributed by atoms with E-state index < -0.39 is 0 Å². The maximum absolute atomic E-state index is 6.22. The Balaban J connectivity index is 1.85. The molecule has 2 N–H and O–H groups in total. The van der Waals surface area contributed by atoms with Gasteiger partial charge >= 0.3 is 0 Å². The molecule has 0 saturated heterocycles. The van der Waals surface area contributed by atoms with Gasteiger partial charge in [-0.3, -0.25) is 4.68 Å². The first-order chi connectivity index (χ1) is 9.65. The molecule has 2 aromatic rings. The zero-order valence-electron chi connectivity index (χ0n) is 11.6. The van der Waals surface area contributed by atoms with Crippen molar-refractivity contribution in [3.8, 4) is 22.6 Å². The van der Waals surface area contributed by atoms with Crippen molar-refractivity contribution in [2.24, 2.45) is 13.0 Å². The van der Waals surface area contributed by atoms with Gasteiger partial charge in [-0.05, 0) is 30.0 Å². The molecule has 0 amide bonds. The second-order valence-corrected chi connectivity index (χ2v) is 5.66. The molecule has 1 aromatic carbocycles. The number of aromatic nitrogens is 2. The Kier molecular flexibility index (Phi) is 2.28. The SMILES string of the molecule is C[C@@H]1C[C@H]1c1nn(C)c(N)c1-c1ccc2c(c1)OCO2. The summed E-state index contributed by atoms with van der Waals surface area (Å²) in [5.41, 5.74) is 9.42. The van der Waals surface area contributed by atoms with E-state index in [4.69, 9.17) is 15.2 Å². The van der Waals surface area contributed by atoms with Crippen LogP contribution in [-0.2, 0) is 7.05 Å². The summed E-state index contributed by atoms with van der Waals surface area (Å²) in [4.78, 5) is 0. The van der Waals surface area contributed by atoms with Crippen LogP contribution in [0.4, 0.5) is 5.82 Å². The van der Waals surface area contributed by atoms with Crippen LogP contribution in [0.1, 0.15) is 25.0 Å². The number of nitrogens with two attached hydrogens (primary N) is 1. The zero-order chi connectivity index (χ0) is 13.9. The molecule has 1 aliphatic carbocycles. The van der Waals surface area contributed by atoms with Crippen molar-refractivity contribution < 1.29 is 9.47 Å². The van der Waals surface area contributed by atoms with Gasteiger partial charge in [0.2, 0.25) is 6.79 Å². The zero-order valence-corrected chi connectivity index (χ0v) is 11.6. The number of aryl methyl sites for hydroxylation is 1. The first-order valence-corrected chi connectivity index (χ1v) is 6.87. The predicted molar refractivity (Wildman–Crippen MR) is 75.7 cm³/mol. The number of anilines is 1. The molecule has 4 rings (SSSR count).